The quantitative estimate of drug-likeness (QED) is 0.795. The number of carbonyl (C=O) groups excluding carboxylic acids is 1. The van der Waals surface area contributed by atoms with Crippen molar-refractivity contribution in [2.75, 3.05) is 6.54 Å². The molecule has 0 saturated heterocycles. The first-order valence-electron chi connectivity index (χ1n) is 6.99. The van der Waals surface area contributed by atoms with Crippen molar-refractivity contribution in [3.05, 3.63) is 64.9 Å². The second-order valence-corrected chi connectivity index (χ2v) is 6.74. The Morgan fingerprint density at radius 3 is 2.68 bits per heavy atom. The van der Waals surface area contributed by atoms with Gasteiger partial charge in [0, 0.05) is 16.5 Å². The van der Waals surface area contributed by atoms with E-state index >= 15 is 0 Å². The summed E-state index contributed by atoms with van der Waals surface area (Å²) in [5.41, 5.74) is 0.873. The van der Waals surface area contributed by atoms with Crippen molar-refractivity contribution in [2.45, 2.75) is 23.5 Å². The number of rotatable bonds is 6. The summed E-state index contributed by atoms with van der Waals surface area (Å²) in [5, 5.41) is 3.35. The summed E-state index contributed by atoms with van der Waals surface area (Å²) >= 11 is 7.31. The minimum Gasteiger partial charge on any atom is -0.355 e. The lowest BCUT2D eigenvalue weighted by atomic mass is 10.1. The lowest BCUT2D eigenvalue weighted by molar-refractivity contribution is -0.120. The maximum Gasteiger partial charge on any atom is 0.233 e. The molecule has 2 aromatic rings. The molecular weight excluding hydrogens is 321 g/mol. The van der Waals surface area contributed by atoms with E-state index in [1.165, 1.54) is 23.9 Å². The second-order valence-electron chi connectivity index (χ2n) is 4.88. The van der Waals surface area contributed by atoms with Gasteiger partial charge < -0.3 is 5.32 Å². The van der Waals surface area contributed by atoms with Gasteiger partial charge in [-0.3, -0.25) is 4.79 Å². The first-order valence-corrected chi connectivity index (χ1v) is 8.25. The Hall–Kier alpha value is -1.52. The smallest absolute Gasteiger partial charge is 0.233 e. The third-order valence-corrected chi connectivity index (χ3v) is 4.46. The van der Waals surface area contributed by atoms with E-state index in [1.807, 2.05) is 25.1 Å². The van der Waals surface area contributed by atoms with E-state index in [1.54, 1.807) is 18.2 Å². The van der Waals surface area contributed by atoms with Crippen molar-refractivity contribution in [1.82, 2.24) is 5.32 Å². The van der Waals surface area contributed by atoms with E-state index in [9.17, 15) is 9.18 Å². The van der Waals surface area contributed by atoms with E-state index in [2.05, 4.69) is 5.32 Å². The van der Waals surface area contributed by atoms with E-state index in [-0.39, 0.29) is 17.0 Å². The van der Waals surface area contributed by atoms with E-state index in [4.69, 9.17) is 11.6 Å². The highest BCUT2D eigenvalue weighted by Crippen LogP contribution is 2.24. The van der Waals surface area contributed by atoms with Crippen LogP contribution in [0, 0.1) is 5.82 Å². The summed E-state index contributed by atoms with van der Waals surface area (Å²) in [7, 11) is 0. The molecule has 22 heavy (non-hydrogen) atoms. The van der Waals surface area contributed by atoms with Crippen molar-refractivity contribution >= 4 is 29.3 Å². The number of carbonyl (C=O) groups is 1. The molecule has 0 aromatic heterocycles. The Morgan fingerprint density at radius 2 is 2.00 bits per heavy atom. The van der Waals surface area contributed by atoms with Crippen LogP contribution in [-0.2, 0) is 11.2 Å². The van der Waals surface area contributed by atoms with E-state index in [0.29, 0.717) is 18.0 Å². The van der Waals surface area contributed by atoms with Gasteiger partial charge in [0.15, 0.2) is 0 Å². The fraction of sp³-hybridized carbons (Fsp3) is 0.235. The van der Waals surface area contributed by atoms with Crippen molar-refractivity contribution in [3.8, 4) is 0 Å². The summed E-state index contributed by atoms with van der Waals surface area (Å²) < 4.78 is 13.1. The monoisotopic (exact) mass is 337 g/mol. The Bertz CT molecular complexity index is 633. The van der Waals surface area contributed by atoms with Crippen molar-refractivity contribution in [2.24, 2.45) is 0 Å². The van der Waals surface area contributed by atoms with Gasteiger partial charge in [-0.25, -0.2) is 4.39 Å². The van der Waals surface area contributed by atoms with Gasteiger partial charge >= 0.3 is 0 Å². The lowest BCUT2D eigenvalue weighted by Gasteiger charge is -2.12. The molecule has 5 heteroatoms. The van der Waals surface area contributed by atoms with Crippen LogP contribution in [0.3, 0.4) is 0 Å². The van der Waals surface area contributed by atoms with Crippen molar-refractivity contribution < 1.29 is 9.18 Å². The largest absolute Gasteiger partial charge is 0.355 e. The van der Waals surface area contributed by atoms with Gasteiger partial charge in [-0.2, -0.15) is 0 Å². The molecule has 1 amide bonds. The zero-order valence-corrected chi connectivity index (χ0v) is 13.8. The average Bonchev–Trinajstić information content (AvgIpc) is 2.49. The maximum absolute atomic E-state index is 13.1. The molecule has 116 valence electrons. The SMILES string of the molecule is CC(Sc1ccc(Cl)cc1)C(=O)NCCc1cccc(F)c1. The molecule has 0 radical (unpaired) electrons. The molecule has 2 rings (SSSR count). The Kier molecular flexibility index (Phi) is 6.28. The molecule has 2 aromatic carbocycles. The van der Waals surface area contributed by atoms with Crippen LogP contribution in [-0.4, -0.2) is 17.7 Å². The zero-order valence-electron chi connectivity index (χ0n) is 12.2. The standard InChI is InChI=1S/C17H17ClFNOS/c1-12(22-16-7-5-14(18)6-8-16)17(21)20-10-9-13-3-2-4-15(19)11-13/h2-8,11-12H,9-10H2,1H3,(H,20,21). The third-order valence-electron chi connectivity index (χ3n) is 3.10. The molecule has 1 N–H and O–H groups in total. The first-order chi connectivity index (χ1) is 10.5. The molecule has 0 spiro atoms. The fourth-order valence-corrected chi connectivity index (χ4v) is 2.95. The molecule has 2 nitrogen and oxygen atoms in total. The number of amides is 1. The molecule has 0 fully saturated rings. The van der Waals surface area contributed by atoms with Crippen LogP contribution < -0.4 is 5.32 Å². The highest BCUT2D eigenvalue weighted by atomic mass is 35.5. The number of halogens is 2. The van der Waals surface area contributed by atoms with Crippen LogP contribution in [0.2, 0.25) is 5.02 Å². The van der Waals surface area contributed by atoms with Crippen LogP contribution in [0.15, 0.2) is 53.4 Å². The summed E-state index contributed by atoms with van der Waals surface area (Å²) in [6.45, 7) is 2.35. The predicted octanol–water partition coefficient (Wildman–Crippen LogP) is 4.32. The molecule has 0 heterocycles. The van der Waals surface area contributed by atoms with Gasteiger partial charge in [-0.1, -0.05) is 23.7 Å². The molecule has 0 aliphatic heterocycles. The Morgan fingerprint density at radius 1 is 1.27 bits per heavy atom. The molecule has 1 atom stereocenters. The summed E-state index contributed by atoms with van der Waals surface area (Å²) in [5.74, 6) is -0.285. The summed E-state index contributed by atoms with van der Waals surface area (Å²) in [6, 6.07) is 13.8. The van der Waals surface area contributed by atoms with Gasteiger partial charge in [0.2, 0.25) is 5.91 Å². The zero-order chi connectivity index (χ0) is 15.9. The van der Waals surface area contributed by atoms with Crippen LogP contribution in [0.4, 0.5) is 4.39 Å². The highest BCUT2D eigenvalue weighted by molar-refractivity contribution is 8.00. The molecule has 0 aliphatic carbocycles. The highest BCUT2D eigenvalue weighted by Gasteiger charge is 2.13. The Balaban J connectivity index is 1.77. The van der Waals surface area contributed by atoms with Crippen LogP contribution in [0.25, 0.3) is 0 Å². The van der Waals surface area contributed by atoms with Gasteiger partial charge in [-0.05, 0) is 55.3 Å². The van der Waals surface area contributed by atoms with Crippen LogP contribution in [0.1, 0.15) is 12.5 Å². The molecule has 0 bridgehead atoms. The molecule has 0 saturated carbocycles. The predicted molar refractivity (Wildman–Crippen MR) is 89.9 cm³/mol. The Labute approximate surface area is 139 Å². The number of benzene rings is 2. The third kappa shape index (κ3) is 5.35. The lowest BCUT2D eigenvalue weighted by Crippen LogP contribution is -2.32. The first kappa shape index (κ1) is 16.8. The number of thioether (sulfide) groups is 1. The van der Waals surface area contributed by atoms with Gasteiger partial charge in [0.1, 0.15) is 5.82 Å². The minimum atomic E-state index is -0.254. The van der Waals surface area contributed by atoms with E-state index in [0.717, 1.165) is 10.5 Å². The topological polar surface area (TPSA) is 29.1 Å². The van der Waals surface area contributed by atoms with Gasteiger partial charge in [0.05, 0.1) is 5.25 Å². The van der Waals surface area contributed by atoms with Crippen LogP contribution in [0.5, 0.6) is 0 Å². The average molecular weight is 338 g/mol. The fourth-order valence-electron chi connectivity index (χ4n) is 1.94. The minimum absolute atomic E-state index is 0.0312. The number of nitrogens with one attached hydrogen (secondary N) is 1. The molecule has 1 unspecified atom stereocenters. The van der Waals surface area contributed by atoms with Crippen molar-refractivity contribution in [1.29, 1.82) is 0 Å². The van der Waals surface area contributed by atoms with Crippen LogP contribution >= 0.6 is 23.4 Å². The molecule has 0 aliphatic rings. The maximum atomic E-state index is 13.1. The number of hydrogen-bond donors (Lipinski definition) is 1. The molecular formula is C17H17ClFNOS. The summed E-state index contributed by atoms with van der Waals surface area (Å²) in [4.78, 5) is 13.0. The van der Waals surface area contributed by atoms with Gasteiger partial charge in [0.25, 0.3) is 0 Å². The normalized spacial score (nSPS) is 12.0. The summed E-state index contributed by atoms with van der Waals surface area (Å²) in [6.07, 6.45) is 0.613. The van der Waals surface area contributed by atoms with Crippen molar-refractivity contribution in [3.63, 3.8) is 0 Å². The second kappa shape index (κ2) is 8.20. The van der Waals surface area contributed by atoms with Gasteiger partial charge in [-0.15, -0.1) is 11.8 Å². The van der Waals surface area contributed by atoms with E-state index < -0.39 is 0 Å². The number of hydrogen-bond acceptors (Lipinski definition) is 2.